The molecule has 0 atom stereocenters. The van der Waals surface area contributed by atoms with E-state index in [1.165, 1.54) is 18.5 Å². The standard InChI is InChI=1S/C13H19ClN2/c1-13(2)4-7-16(8-5-13)12-3-6-15-11(9-12)10-14/h3,6,9H,4-5,7-8,10H2,1-2H3. The van der Waals surface area contributed by atoms with Crippen LogP contribution in [-0.4, -0.2) is 18.1 Å². The maximum atomic E-state index is 5.80. The fourth-order valence-corrected chi connectivity index (χ4v) is 2.25. The molecule has 1 saturated heterocycles. The zero-order valence-electron chi connectivity index (χ0n) is 10.0. The van der Waals surface area contributed by atoms with Gasteiger partial charge >= 0.3 is 0 Å². The molecule has 2 nitrogen and oxygen atoms in total. The minimum atomic E-state index is 0.493. The minimum Gasteiger partial charge on any atom is -0.371 e. The maximum absolute atomic E-state index is 5.80. The molecule has 1 aliphatic heterocycles. The Morgan fingerprint density at radius 1 is 1.38 bits per heavy atom. The second kappa shape index (κ2) is 4.62. The van der Waals surface area contributed by atoms with Crippen LogP contribution in [0.4, 0.5) is 5.69 Å². The molecule has 0 N–H and O–H groups in total. The van der Waals surface area contributed by atoms with Gasteiger partial charge in [-0.2, -0.15) is 0 Å². The van der Waals surface area contributed by atoms with Crippen LogP contribution < -0.4 is 4.90 Å². The van der Waals surface area contributed by atoms with Gasteiger partial charge in [0.05, 0.1) is 11.6 Å². The highest BCUT2D eigenvalue weighted by Gasteiger charge is 2.25. The van der Waals surface area contributed by atoms with Crippen LogP contribution in [0.3, 0.4) is 0 Å². The summed E-state index contributed by atoms with van der Waals surface area (Å²) in [5.74, 6) is 0.493. The van der Waals surface area contributed by atoms with Crippen molar-refractivity contribution in [2.75, 3.05) is 18.0 Å². The van der Waals surface area contributed by atoms with Crippen molar-refractivity contribution < 1.29 is 0 Å². The molecular formula is C13H19ClN2. The molecule has 0 aromatic carbocycles. The predicted octanol–water partition coefficient (Wildman–Crippen LogP) is 3.45. The van der Waals surface area contributed by atoms with Gasteiger partial charge in [-0.1, -0.05) is 13.8 Å². The Bertz CT molecular complexity index is 353. The van der Waals surface area contributed by atoms with Crippen molar-refractivity contribution in [3.63, 3.8) is 0 Å². The molecule has 0 amide bonds. The summed E-state index contributed by atoms with van der Waals surface area (Å²) >= 11 is 5.80. The van der Waals surface area contributed by atoms with E-state index in [-0.39, 0.29) is 0 Å². The fraction of sp³-hybridized carbons (Fsp3) is 0.615. The fourth-order valence-electron chi connectivity index (χ4n) is 2.11. The van der Waals surface area contributed by atoms with E-state index in [4.69, 9.17) is 11.6 Å². The molecule has 1 aromatic heterocycles. The van der Waals surface area contributed by atoms with Gasteiger partial charge in [-0.25, -0.2) is 0 Å². The topological polar surface area (TPSA) is 16.1 Å². The molecule has 0 aliphatic carbocycles. The highest BCUT2D eigenvalue weighted by Crippen LogP contribution is 2.32. The first-order chi connectivity index (χ1) is 7.61. The average Bonchev–Trinajstić information content (AvgIpc) is 2.29. The van der Waals surface area contributed by atoms with Crippen LogP contribution in [0.2, 0.25) is 0 Å². The highest BCUT2D eigenvalue weighted by atomic mass is 35.5. The van der Waals surface area contributed by atoms with Gasteiger partial charge in [-0.3, -0.25) is 4.98 Å². The first kappa shape index (κ1) is 11.7. The summed E-state index contributed by atoms with van der Waals surface area (Å²) in [5.41, 5.74) is 2.73. The zero-order chi connectivity index (χ0) is 11.6. The Balaban J connectivity index is 2.08. The highest BCUT2D eigenvalue weighted by molar-refractivity contribution is 6.16. The largest absolute Gasteiger partial charge is 0.371 e. The van der Waals surface area contributed by atoms with E-state index in [9.17, 15) is 0 Å². The van der Waals surface area contributed by atoms with Gasteiger partial charge in [-0.15, -0.1) is 11.6 Å². The number of anilines is 1. The van der Waals surface area contributed by atoms with Crippen LogP contribution in [0.1, 0.15) is 32.4 Å². The van der Waals surface area contributed by atoms with Crippen LogP contribution >= 0.6 is 11.6 Å². The number of rotatable bonds is 2. The molecule has 0 unspecified atom stereocenters. The second-order valence-corrected chi connectivity index (χ2v) is 5.56. The lowest BCUT2D eigenvalue weighted by Crippen LogP contribution is -2.37. The van der Waals surface area contributed by atoms with E-state index >= 15 is 0 Å². The number of alkyl halides is 1. The second-order valence-electron chi connectivity index (χ2n) is 5.29. The molecule has 88 valence electrons. The van der Waals surface area contributed by atoms with Gasteiger partial charge in [0.2, 0.25) is 0 Å². The molecule has 2 rings (SSSR count). The zero-order valence-corrected chi connectivity index (χ0v) is 10.8. The summed E-state index contributed by atoms with van der Waals surface area (Å²) < 4.78 is 0. The molecule has 0 spiro atoms. The molecular weight excluding hydrogens is 220 g/mol. The van der Waals surface area contributed by atoms with Crippen molar-refractivity contribution in [2.24, 2.45) is 5.41 Å². The molecule has 0 saturated carbocycles. The van der Waals surface area contributed by atoms with Crippen LogP contribution in [-0.2, 0) is 5.88 Å². The van der Waals surface area contributed by atoms with Crippen molar-refractivity contribution in [1.82, 2.24) is 4.98 Å². The predicted molar refractivity (Wildman–Crippen MR) is 69.0 cm³/mol. The third-order valence-corrected chi connectivity index (χ3v) is 3.69. The lowest BCUT2D eigenvalue weighted by atomic mass is 9.82. The van der Waals surface area contributed by atoms with Crippen molar-refractivity contribution in [3.8, 4) is 0 Å². The summed E-state index contributed by atoms with van der Waals surface area (Å²) in [5, 5.41) is 0. The van der Waals surface area contributed by atoms with Crippen LogP contribution in [0.15, 0.2) is 18.3 Å². The Morgan fingerprint density at radius 3 is 2.69 bits per heavy atom. The molecule has 3 heteroatoms. The summed E-state index contributed by atoms with van der Waals surface area (Å²) in [6.07, 6.45) is 4.36. The quantitative estimate of drug-likeness (QED) is 0.734. The number of hydrogen-bond donors (Lipinski definition) is 0. The maximum Gasteiger partial charge on any atom is 0.0648 e. The van der Waals surface area contributed by atoms with Gasteiger partial charge in [0.1, 0.15) is 0 Å². The first-order valence-corrected chi connectivity index (χ1v) is 6.40. The normalized spacial score (nSPS) is 19.8. The number of piperidine rings is 1. The molecule has 16 heavy (non-hydrogen) atoms. The Morgan fingerprint density at radius 2 is 2.06 bits per heavy atom. The van der Waals surface area contributed by atoms with Gasteiger partial charge in [0, 0.05) is 25.0 Å². The number of halogens is 1. The monoisotopic (exact) mass is 238 g/mol. The molecule has 2 heterocycles. The summed E-state index contributed by atoms with van der Waals surface area (Å²) in [7, 11) is 0. The molecule has 0 radical (unpaired) electrons. The summed E-state index contributed by atoms with van der Waals surface area (Å²) in [6.45, 7) is 6.97. The smallest absolute Gasteiger partial charge is 0.0648 e. The third-order valence-electron chi connectivity index (χ3n) is 3.42. The van der Waals surface area contributed by atoms with Gasteiger partial charge < -0.3 is 4.90 Å². The van der Waals surface area contributed by atoms with Crippen LogP contribution in [0.25, 0.3) is 0 Å². The van der Waals surface area contributed by atoms with E-state index in [2.05, 4.69) is 35.9 Å². The molecule has 1 aliphatic rings. The van der Waals surface area contributed by atoms with E-state index in [0.29, 0.717) is 11.3 Å². The number of pyridine rings is 1. The van der Waals surface area contributed by atoms with E-state index in [1.807, 2.05) is 6.20 Å². The van der Waals surface area contributed by atoms with E-state index < -0.39 is 0 Å². The van der Waals surface area contributed by atoms with Crippen molar-refractivity contribution >= 4 is 17.3 Å². The number of aromatic nitrogens is 1. The molecule has 1 fully saturated rings. The Labute approximate surface area is 103 Å². The number of nitrogens with zero attached hydrogens (tertiary/aromatic N) is 2. The summed E-state index contributed by atoms with van der Waals surface area (Å²) in [6, 6.07) is 4.18. The molecule has 1 aromatic rings. The Kier molecular flexibility index (Phi) is 3.38. The minimum absolute atomic E-state index is 0.493. The van der Waals surface area contributed by atoms with Gasteiger partial charge in [0.25, 0.3) is 0 Å². The van der Waals surface area contributed by atoms with E-state index in [0.717, 1.165) is 18.8 Å². The van der Waals surface area contributed by atoms with Crippen LogP contribution in [0, 0.1) is 5.41 Å². The van der Waals surface area contributed by atoms with Gasteiger partial charge in [-0.05, 0) is 30.4 Å². The Hall–Kier alpha value is -0.760. The van der Waals surface area contributed by atoms with E-state index in [1.54, 1.807) is 0 Å². The first-order valence-electron chi connectivity index (χ1n) is 5.87. The SMILES string of the molecule is CC1(C)CCN(c2ccnc(CCl)c2)CC1. The number of hydrogen-bond acceptors (Lipinski definition) is 2. The van der Waals surface area contributed by atoms with Crippen molar-refractivity contribution in [2.45, 2.75) is 32.6 Å². The van der Waals surface area contributed by atoms with Crippen LogP contribution in [0.5, 0.6) is 0 Å². The lowest BCUT2D eigenvalue weighted by molar-refractivity contribution is 0.280. The molecule has 0 bridgehead atoms. The summed E-state index contributed by atoms with van der Waals surface area (Å²) in [4.78, 5) is 6.66. The van der Waals surface area contributed by atoms with Crippen molar-refractivity contribution in [1.29, 1.82) is 0 Å². The third kappa shape index (κ3) is 2.67. The van der Waals surface area contributed by atoms with Crippen molar-refractivity contribution in [3.05, 3.63) is 24.0 Å². The van der Waals surface area contributed by atoms with Gasteiger partial charge in [0.15, 0.2) is 0 Å². The lowest BCUT2D eigenvalue weighted by Gasteiger charge is -2.38. The average molecular weight is 239 g/mol.